The smallest absolute Gasteiger partial charge is 0.234 e. The van der Waals surface area contributed by atoms with E-state index in [-0.39, 0.29) is 5.91 Å². The van der Waals surface area contributed by atoms with Crippen molar-refractivity contribution in [1.29, 1.82) is 0 Å². The molecule has 1 amide bonds. The van der Waals surface area contributed by atoms with Gasteiger partial charge in [0.1, 0.15) is 6.04 Å². The lowest BCUT2D eigenvalue weighted by atomic mass is 10.2. The van der Waals surface area contributed by atoms with Crippen molar-refractivity contribution in [3.05, 3.63) is 30.1 Å². The number of carbonyl (C=O) groups excluding carboxylic acids is 1. The Hall–Kier alpha value is -1.51. The predicted molar refractivity (Wildman–Crippen MR) is 118 cm³/mol. The number of hydrogen-bond acceptors (Lipinski definition) is 5. The molecule has 0 radical (unpaired) electrons. The van der Waals surface area contributed by atoms with Gasteiger partial charge in [0.15, 0.2) is 11.0 Å². The van der Waals surface area contributed by atoms with E-state index >= 15 is 0 Å². The van der Waals surface area contributed by atoms with Crippen LogP contribution in [0.5, 0.6) is 0 Å². The molecule has 0 bridgehead atoms. The minimum atomic E-state index is -0.0247. The van der Waals surface area contributed by atoms with Crippen molar-refractivity contribution < 1.29 is 9.69 Å². The Labute approximate surface area is 176 Å². The highest BCUT2D eigenvalue weighted by Crippen LogP contribution is 2.26. The van der Waals surface area contributed by atoms with Crippen LogP contribution >= 0.6 is 23.5 Å². The number of thioether (sulfide) groups is 2. The number of aromatic nitrogens is 3. The molecule has 0 fully saturated rings. The van der Waals surface area contributed by atoms with Crippen LogP contribution in [0, 0.1) is 0 Å². The highest BCUT2D eigenvalue weighted by molar-refractivity contribution is 7.99. The first kappa shape index (κ1) is 22.8. The first-order valence-corrected chi connectivity index (χ1v) is 12.0. The molecule has 0 saturated carbocycles. The van der Waals surface area contributed by atoms with Gasteiger partial charge in [-0.1, -0.05) is 44.2 Å². The Morgan fingerprint density at radius 3 is 2.64 bits per heavy atom. The largest absolute Gasteiger partial charge is 0.331 e. The van der Waals surface area contributed by atoms with Crippen LogP contribution in [-0.4, -0.2) is 46.8 Å². The van der Waals surface area contributed by atoms with E-state index in [4.69, 9.17) is 0 Å². The van der Waals surface area contributed by atoms with E-state index in [2.05, 4.69) is 48.0 Å². The SMILES string of the molecule is CCCCn1c(SCC(=O)Nc2ccccc2SC)nnc1[C@H](CC)[NH+](C)C. The minimum Gasteiger partial charge on any atom is -0.331 e. The number of unbranched alkanes of at least 4 members (excludes halogenated alkanes) is 1. The predicted octanol–water partition coefficient (Wildman–Crippen LogP) is 3.13. The average Bonchev–Trinajstić information content (AvgIpc) is 3.08. The van der Waals surface area contributed by atoms with E-state index in [0.29, 0.717) is 11.8 Å². The topological polar surface area (TPSA) is 64.2 Å². The summed E-state index contributed by atoms with van der Waals surface area (Å²) in [6, 6.07) is 8.16. The highest BCUT2D eigenvalue weighted by Gasteiger charge is 2.25. The Morgan fingerprint density at radius 1 is 1.25 bits per heavy atom. The molecule has 154 valence electrons. The molecule has 0 aliphatic heterocycles. The number of hydrogen-bond donors (Lipinski definition) is 2. The average molecular weight is 423 g/mol. The molecule has 8 heteroatoms. The normalized spacial score (nSPS) is 12.4. The second-order valence-electron chi connectivity index (χ2n) is 6.92. The number of anilines is 1. The van der Waals surface area contributed by atoms with Crippen LogP contribution < -0.4 is 10.2 Å². The lowest BCUT2D eigenvalue weighted by Crippen LogP contribution is -3.06. The second-order valence-corrected chi connectivity index (χ2v) is 8.71. The van der Waals surface area contributed by atoms with Gasteiger partial charge in [-0.15, -0.1) is 22.0 Å². The lowest BCUT2D eigenvalue weighted by Gasteiger charge is -2.20. The first-order valence-electron chi connectivity index (χ1n) is 9.80. The lowest BCUT2D eigenvalue weighted by molar-refractivity contribution is -0.893. The van der Waals surface area contributed by atoms with E-state index in [9.17, 15) is 4.79 Å². The Kier molecular flexibility index (Phi) is 9.34. The van der Waals surface area contributed by atoms with Crippen molar-refractivity contribution in [3.8, 4) is 0 Å². The molecule has 0 aliphatic carbocycles. The molecule has 2 aromatic rings. The standard InChI is InChI=1S/C20H31N5OS2/c1-6-8-13-25-19(16(7-2)24(3)4)22-23-20(25)28-14-18(26)21-15-11-9-10-12-17(15)27-5/h9-12,16H,6-8,13-14H2,1-5H3,(H,21,26)/p+1/t16-/m0/s1. The fourth-order valence-electron chi connectivity index (χ4n) is 3.10. The molecule has 1 aromatic heterocycles. The second kappa shape index (κ2) is 11.5. The van der Waals surface area contributed by atoms with Crippen molar-refractivity contribution in [2.45, 2.75) is 55.7 Å². The van der Waals surface area contributed by atoms with Crippen molar-refractivity contribution >= 4 is 35.1 Å². The minimum absolute atomic E-state index is 0.0247. The van der Waals surface area contributed by atoms with Crippen LogP contribution in [0.15, 0.2) is 34.3 Å². The zero-order valence-corrected chi connectivity index (χ0v) is 19.1. The summed E-state index contributed by atoms with van der Waals surface area (Å²) in [5.41, 5.74) is 0.857. The molecule has 0 spiro atoms. The molecule has 2 rings (SSSR count). The van der Waals surface area contributed by atoms with E-state index in [1.165, 1.54) is 16.7 Å². The van der Waals surface area contributed by atoms with Gasteiger partial charge in [0.2, 0.25) is 5.91 Å². The number of amides is 1. The maximum atomic E-state index is 12.5. The van der Waals surface area contributed by atoms with E-state index in [0.717, 1.165) is 47.4 Å². The summed E-state index contributed by atoms with van der Waals surface area (Å²) >= 11 is 3.08. The third-order valence-corrected chi connectivity index (χ3v) is 6.37. The van der Waals surface area contributed by atoms with Crippen LogP contribution in [0.2, 0.25) is 0 Å². The van der Waals surface area contributed by atoms with Crippen molar-refractivity contribution in [2.75, 3.05) is 31.4 Å². The molecule has 2 N–H and O–H groups in total. The van der Waals surface area contributed by atoms with Gasteiger partial charge in [-0.2, -0.15) is 0 Å². The summed E-state index contributed by atoms with van der Waals surface area (Å²) in [6.07, 6.45) is 5.20. The zero-order valence-electron chi connectivity index (χ0n) is 17.5. The molecule has 0 saturated heterocycles. The van der Waals surface area contributed by atoms with Gasteiger partial charge in [0.05, 0.1) is 25.5 Å². The number of quaternary nitrogens is 1. The molecule has 1 atom stereocenters. The number of rotatable bonds is 11. The number of benzene rings is 1. The molecule has 6 nitrogen and oxygen atoms in total. The van der Waals surface area contributed by atoms with Crippen LogP contribution in [0.4, 0.5) is 5.69 Å². The summed E-state index contributed by atoms with van der Waals surface area (Å²) in [5, 5.41) is 12.7. The molecule has 0 unspecified atom stereocenters. The number of carbonyl (C=O) groups is 1. The van der Waals surface area contributed by atoms with Gasteiger partial charge >= 0.3 is 0 Å². The van der Waals surface area contributed by atoms with Crippen LogP contribution in [0.1, 0.15) is 45.0 Å². The third-order valence-electron chi connectivity index (χ3n) is 4.61. The number of nitrogens with one attached hydrogen (secondary N) is 2. The van der Waals surface area contributed by atoms with Gasteiger partial charge in [-0.25, -0.2) is 0 Å². The highest BCUT2D eigenvalue weighted by atomic mass is 32.2. The van der Waals surface area contributed by atoms with Crippen molar-refractivity contribution in [2.24, 2.45) is 0 Å². The van der Waals surface area contributed by atoms with Gasteiger partial charge in [-0.05, 0) is 24.8 Å². The fraction of sp³-hybridized carbons (Fsp3) is 0.550. The van der Waals surface area contributed by atoms with Crippen LogP contribution in [0.25, 0.3) is 0 Å². The Balaban J connectivity index is 2.10. The number of para-hydroxylation sites is 1. The first-order chi connectivity index (χ1) is 13.5. The van der Waals surface area contributed by atoms with Crippen LogP contribution in [-0.2, 0) is 11.3 Å². The maximum Gasteiger partial charge on any atom is 0.234 e. The summed E-state index contributed by atoms with van der Waals surface area (Å²) in [4.78, 5) is 14.9. The number of nitrogens with zero attached hydrogens (tertiary/aromatic N) is 3. The summed E-state index contributed by atoms with van der Waals surface area (Å²) < 4.78 is 2.21. The van der Waals surface area contributed by atoms with Gasteiger partial charge in [-0.3, -0.25) is 4.79 Å². The monoisotopic (exact) mass is 422 g/mol. The van der Waals surface area contributed by atoms with Crippen molar-refractivity contribution in [3.63, 3.8) is 0 Å². The zero-order chi connectivity index (χ0) is 20.5. The molecule has 28 heavy (non-hydrogen) atoms. The maximum absolute atomic E-state index is 12.5. The van der Waals surface area contributed by atoms with Crippen molar-refractivity contribution in [1.82, 2.24) is 14.8 Å². The molecule has 1 heterocycles. The molecule has 1 aromatic carbocycles. The van der Waals surface area contributed by atoms with Gasteiger partial charge in [0.25, 0.3) is 0 Å². The third kappa shape index (κ3) is 5.99. The molecular formula is C20H32N5OS2+. The van der Waals surface area contributed by atoms with Gasteiger partial charge < -0.3 is 14.8 Å². The summed E-state index contributed by atoms with van der Waals surface area (Å²) in [7, 11) is 4.30. The van der Waals surface area contributed by atoms with Crippen LogP contribution in [0.3, 0.4) is 0 Å². The molecule has 0 aliphatic rings. The van der Waals surface area contributed by atoms with E-state index < -0.39 is 0 Å². The summed E-state index contributed by atoms with van der Waals surface area (Å²) in [5.74, 6) is 1.31. The Bertz CT molecular complexity index is 763. The Morgan fingerprint density at radius 2 is 2.00 bits per heavy atom. The quantitative estimate of drug-likeness (QED) is 0.545. The van der Waals surface area contributed by atoms with E-state index in [1.54, 1.807) is 11.8 Å². The fourth-order valence-corrected chi connectivity index (χ4v) is 4.43. The molecular weight excluding hydrogens is 390 g/mol. The summed E-state index contributed by atoms with van der Waals surface area (Å²) in [6.45, 7) is 5.25. The van der Waals surface area contributed by atoms with Gasteiger partial charge in [0, 0.05) is 17.9 Å². The van der Waals surface area contributed by atoms with E-state index in [1.807, 2.05) is 30.5 Å².